The third-order valence-electron chi connectivity index (χ3n) is 6.09. The number of carbonyl (C=O) groups excluding carboxylic acids is 2. The molecule has 0 radical (unpaired) electrons. The van der Waals surface area contributed by atoms with E-state index in [1.807, 2.05) is 19.1 Å². The number of carbonyl (C=O) groups is 2. The van der Waals surface area contributed by atoms with Crippen LogP contribution in [0.4, 0.5) is 4.39 Å². The molecule has 34 heavy (non-hydrogen) atoms. The standard InChI is InChI=1S/C25H32FN3O4S/c1-18-6-7-19(2)23(17-18)34(32,33)29-16-4-3-5-22(29)13-15-28-25(31)24(30)27-14-12-20-8-10-21(26)11-9-20/h6-11,17,22H,3-5,12-16H2,1-2H3,(H,27,30)(H,28,31). The molecule has 2 aromatic carbocycles. The summed E-state index contributed by atoms with van der Waals surface area (Å²) in [7, 11) is -3.65. The number of benzene rings is 2. The number of halogens is 1. The fourth-order valence-electron chi connectivity index (χ4n) is 4.17. The molecule has 2 N–H and O–H groups in total. The van der Waals surface area contributed by atoms with Gasteiger partial charge in [0.15, 0.2) is 0 Å². The number of rotatable bonds is 8. The zero-order valence-corrected chi connectivity index (χ0v) is 20.5. The van der Waals surface area contributed by atoms with Crippen molar-refractivity contribution in [2.45, 2.75) is 56.9 Å². The van der Waals surface area contributed by atoms with E-state index in [4.69, 9.17) is 0 Å². The Morgan fingerprint density at radius 2 is 1.68 bits per heavy atom. The molecule has 1 aliphatic rings. The number of amides is 2. The number of aryl methyl sites for hydroxylation is 2. The van der Waals surface area contributed by atoms with Gasteiger partial charge < -0.3 is 10.6 Å². The van der Waals surface area contributed by atoms with Crippen LogP contribution in [-0.4, -0.2) is 50.2 Å². The third-order valence-corrected chi connectivity index (χ3v) is 8.18. The molecule has 2 amide bonds. The van der Waals surface area contributed by atoms with E-state index in [9.17, 15) is 22.4 Å². The Labute approximate surface area is 200 Å². The highest BCUT2D eigenvalue weighted by molar-refractivity contribution is 7.89. The highest BCUT2D eigenvalue weighted by atomic mass is 32.2. The molecule has 1 unspecified atom stereocenters. The van der Waals surface area contributed by atoms with Crippen LogP contribution in [0.5, 0.6) is 0 Å². The Bertz CT molecular complexity index is 1120. The van der Waals surface area contributed by atoms with Crippen molar-refractivity contribution in [2.75, 3.05) is 19.6 Å². The second-order valence-electron chi connectivity index (χ2n) is 8.71. The molecular formula is C25H32FN3O4S. The van der Waals surface area contributed by atoms with Gasteiger partial charge in [-0.1, -0.05) is 30.7 Å². The van der Waals surface area contributed by atoms with E-state index in [1.54, 1.807) is 29.4 Å². The van der Waals surface area contributed by atoms with Crippen molar-refractivity contribution in [3.8, 4) is 0 Å². The fourth-order valence-corrected chi connectivity index (χ4v) is 6.21. The summed E-state index contributed by atoms with van der Waals surface area (Å²) >= 11 is 0. The van der Waals surface area contributed by atoms with Gasteiger partial charge in [-0.05, 0) is 74.4 Å². The summed E-state index contributed by atoms with van der Waals surface area (Å²) in [5, 5.41) is 5.15. The highest BCUT2D eigenvalue weighted by Gasteiger charge is 2.34. The molecule has 0 bridgehead atoms. The van der Waals surface area contributed by atoms with Gasteiger partial charge in [0, 0.05) is 25.7 Å². The van der Waals surface area contributed by atoms with Crippen LogP contribution in [0.1, 0.15) is 42.4 Å². The molecule has 0 aliphatic carbocycles. The molecule has 1 aliphatic heterocycles. The number of nitrogens with one attached hydrogen (secondary N) is 2. The van der Waals surface area contributed by atoms with Crippen molar-refractivity contribution in [3.05, 3.63) is 65.0 Å². The lowest BCUT2D eigenvalue weighted by Crippen LogP contribution is -2.46. The van der Waals surface area contributed by atoms with Gasteiger partial charge in [0.05, 0.1) is 4.90 Å². The summed E-state index contributed by atoms with van der Waals surface area (Å²) < 4.78 is 41.3. The summed E-state index contributed by atoms with van der Waals surface area (Å²) in [6.45, 7) is 4.56. The van der Waals surface area contributed by atoms with Crippen molar-refractivity contribution in [2.24, 2.45) is 0 Å². The molecule has 2 aromatic rings. The SMILES string of the molecule is Cc1ccc(C)c(S(=O)(=O)N2CCCCC2CCNC(=O)C(=O)NCCc2ccc(F)cc2)c1. The van der Waals surface area contributed by atoms with Crippen LogP contribution < -0.4 is 10.6 Å². The number of piperidine rings is 1. The smallest absolute Gasteiger partial charge is 0.309 e. The Kier molecular flexibility index (Phi) is 8.79. The molecule has 1 saturated heterocycles. The Morgan fingerprint density at radius 3 is 2.38 bits per heavy atom. The highest BCUT2D eigenvalue weighted by Crippen LogP contribution is 2.29. The lowest BCUT2D eigenvalue weighted by atomic mass is 10.0. The number of nitrogens with zero attached hydrogens (tertiary/aromatic N) is 1. The van der Waals surface area contributed by atoms with Gasteiger partial charge in [-0.25, -0.2) is 12.8 Å². The molecule has 7 nitrogen and oxygen atoms in total. The molecule has 0 saturated carbocycles. The lowest BCUT2D eigenvalue weighted by molar-refractivity contribution is -0.139. The predicted molar refractivity (Wildman–Crippen MR) is 128 cm³/mol. The molecule has 1 atom stereocenters. The first-order valence-corrected chi connectivity index (χ1v) is 13.0. The van der Waals surface area contributed by atoms with Gasteiger partial charge in [-0.3, -0.25) is 9.59 Å². The van der Waals surface area contributed by atoms with Gasteiger partial charge in [0.1, 0.15) is 5.82 Å². The van der Waals surface area contributed by atoms with Crippen LogP contribution in [0.15, 0.2) is 47.4 Å². The first kappa shape index (κ1) is 25.8. The van der Waals surface area contributed by atoms with Crippen LogP contribution in [0.3, 0.4) is 0 Å². The van der Waals surface area contributed by atoms with Crippen molar-refractivity contribution >= 4 is 21.8 Å². The average molecular weight is 490 g/mol. The van der Waals surface area contributed by atoms with Crippen LogP contribution in [0, 0.1) is 19.7 Å². The molecule has 0 spiro atoms. The number of sulfonamides is 1. The Balaban J connectivity index is 1.51. The topological polar surface area (TPSA) is 95.6 Å². The van der Waals surface area contributed by atoms with E-state index in [0.717, 1.165) is 24.0 Å². The molecule has 3 rings (SSSR count). The Morgan fingerprint density at radius 1 is 1.00 bits per heavy atom. The maximum atomic E-state index is 13.4. The third kappa shape index (κ3) is 6.64. The zero-order chi connectivity index (χ0) is 24.7. The normalized spacial score (nSPS) is 16.7. The van der Waals surface area contributed by atoms with E-state index in [0.29, 0.717) is 36.3 Å². The second-order valence-corrected chi connectivity index (χ2v) is 10.6. The summed E-state index contributed by atoms with van der Waals surface area (Å²) in [4.78, 5) is 24.5. The molecule has 1 fully saturated rings. The maximum absolute atomic E-state index is 13.4. The molecule has 184 valence electrons. The van der Waals surface area contributed by atoms with Crippen molar-refractivity contribution < 1.29 is 22.4 Å². The molecule has 0 aromatic heterocycles. The van der Waals surface area contributed by atoms with Gasteiger partial charge in [0.2, 0.25) is 10.0 Å². The van der Waals surface area contributed by atoms with E-state index in [-0.39, 0.29) is 24.9 Å². The first-order chi connectivity index (χ1) is 16.2. The van der Waals surface area contributed by atoms with Crippen molar-refractivity contribution in [1.82, 2.24) is 14.9 Å². The van der Waals surface area contributed by atoms with Crippen LogP contribution >= 0.6 is 0 Å². The molecule has 9 heteroatoms. The lowest BCUT2D eigenvalue weighted by Gasteiger charge is -2.35. The van der Waals surface area contributed by atoms with Crippen molar-refractivity contribution in [3.63, 3.8) is 0 Å². The van der Waals surface area contributed by atoms with E-state index in [1.165, 1.54) is 12.1 Å². The molecule has 1 heterocycles. The zero-order valence-electron chi connectivity index (χ0n) is 19.6. The summed E-state index contributed by atoms with van der Waals surface area (Å²) in [6.07, 6.45) is 3.33. The number of hydrogen-bond acceptors (Lipinski definition) is 4. The predicted octanol–water partition coefficient (Wildman–Crippen LogP) is 2.85. The van der Waals surface area contributed by atoms with Crippen molar-refractivity contribution in [1.29, 1.82) is 0 Å². The molecular weight excluding hydrogens is 457 g/mol. The van der Waals surface area contributed by atoms with Gasteiger partial charge in [-0.2, -0.15) is 4.31 Å². The first-order valence-electron chi connectivity index (χ1n) is 11.6. The maximum Gasteiger partial charge on any atom is 0.309 e. The van der Waals surface area contributed by atoms with Gasteiger partial charge >= 0.3 is 11.8 Å². The van der Waals surface area contributed by atoms with E-state index >= 15 is 0 Å². The van der Waals surface area contributed by atoms with Gasteiger partial charge in [-0.15, -0.1) is 0 Å². The minimum atomic E-state index is -3.65. The largest absolute Gasteiger partial charge is 0.348 e. The van der Waals surface area contributed by atoms with E-state index < -0.39 is 21.8 Å². The Hall–Kier alpha value is -2.78. The summed E-state index contributed by atoms with van der Waals surface area (Å²) in [5.41, 5.74) is 2.44. The van der Waals surface area contributed by atoms with Gasteiger partial charge in [0.25, 0.3) is 0 Å². The minimum absolute atomic E-state index is 0.202. The quantitative estimate of drug-likeness (QED) is 0.558. The number of hydrogen-bond donors (Lipinski definition) is 2. The summed E-state index contributed by atoms with van der Waals surface area (Å²) in [5.74, 6) is -1.82. The van der Waals surface area contributed by atoms with Crippen LogP contribution in [0.2, 0.25) is 0 Å². The summed E-state index contributed by atoms with van der Waals surface area (Å²) in [6, 6.07) is 11.1. The fraction of sp³-hybridized carbons (Fsp3) is 0.440. The van der Waals surface area contributed by atoms with Crippen LogP contribution in [0.25, 0.3) is 0 Å². The van der Waals surface area contributed by atoms with E-state index in [2.05, 4.69) is 10.6 Å². The second kappa shape index (κ2) is 11.6. The van der Waals surface area contributed by atoms with Crippen LogP contribution in [-0.2, 0) is 26.0 Å². The monoisotopic (exact) mass is 489 g/mol. The average Bonchev–Trinajstić information content (AvgIpc) is 2.82. The minimum Gasteiger partial charge on any atom is -0.348 e.